The first-order chi connectivity index (χ1) is 12.9. The summed E-state index contributed by atoms with van der Waals surface area (Å²) in [5.74, 6) is 0.0763. The van der Waals surface area contributed by atoms with Gasteiger partial charge in [0, 0.05) is 37.8 Å². The quantitative estimate of drug-likeness (QED) is 0.849. The Labute approximate surface area is 163 Å². The molecular formula is C23H31N3O. The molecule has 3 rings (SSSR count). The highest BCUT2D eigenvalue weighted by atomic mass is 16.1. The number of carbonyl (C=O) groups is 1. The van der Waals surface area contributed by atoms with E-state index in [9.17, 15) is 4.79 Å². The molecule has 0 aromatic heterocycles. The van der Waals surface area contributed by atoms with E-state index in [1.165, 1.54) is 22.3 Å². The van der Waals surface area contributed by atoms with Gasteiger partial charge in [-0.15, -0.1) is 0 Å². The third-order valence-electron chi connectivity index (χ3n) is 5.65. The van der Waals surface area contributed by atoms with Crippen LogP contribution in [-0.4, -0.2) is 48.9 Å². The summed E-state index contributed by atoms with van der Waals surface area (Å²) in [5.41, 5.74) is 6.22. The zero-order valence-corrected chi connectivity index (χ0v) is 17.0. The maximum atomic E-state index is 12.3. The Morgan fingerprint density at radius 1 is 1.15 bits per heavy atom. The highest BCUT2D eigenvalue weighted by Crippen LogP contribution is 2.22. The molecular weight excluding hydrogens is 334 g/mol. The molecule has 1 aliphatic rings. The third kappa shape index (κ3) is 5.18. The third-order valence-corrected chi connectivity index (χ3v) is 5.65. The van der Waals surface area contributed by atoms with Gasteiger partial charge < -0.3 is 10.2 Å². The molecule has 27 heavy (non-hydrogen) atoms. The van der Waals surface area contributed by atoms with Crippen molar-refractivity contribution < 1.29 is 4.79 Å². The van der Waals surface area contributed by atoms with E-state index in [2.05, 4.69) is 67.3 Å². The molecule has 0 bridgehead atoms. The van der Waals surface area contributed by atoms with E-state index in [4.69, 9.17) is 0 Å². The lowest BCUT2D eigenvalue weighted by molar-refractivity contribution is -0.116. The fraction of sp³-hybridized carbons (Fsp3) is 0.435. The minimum Gasteiger partial charge on any atom is -0.326 e. The molecule has 1 heterocycles. The largest absolute Gasteiger partial charge is 0.326 e. The molecule has 0 fully saturated rings. The van der Waals surface area contributed by atoms with Crippen LogP contribution in [0.4, 0.5) is 5.69 Å². The van der Waals surface area contributed by atoms with Gasteiger partial charge in [0.1, 0.15) is 0 Å². The second-order valence-electron chi connectivity index (χ2n) is 7.90. The smallest absolute Gasteiger partial charge is 0.225 e. The summed E-state index contributed by atoms with van der Waals surface area (Å²) >= 11 is 0. The lowest BCUT2D eigenvalue weighted by atomic mass is 9.94. The average Bonchev–Trinajstić information content (AvgIpc) is 2.64. The number of carbonyl (C=O) groups excluding carboxylic acids is 1. The Morgan fingerprint density at radius 2 is 1.89 bits per heavy atom. The van der Waals surface area contributed by atoms with Gasteiger partial charge in [-0.2, -0.15) is 0 Å². The number of anilines is 1. The van der Waals surface area contributed by atoms with Crippen molar-refractivity contribution in [2.45, 2.75) is 39.3 Å². The van der Waals surface area contributed by atoms with Crippen LogP contribution >= 0.6 is 0 Å². The fourth-order valence-electron chi connectivity index (χ4n) is 3.71. The summed E-state index contributed by atoms with van der Waals surface area (Å²) in [5, 5.41) is 3.01. The van der Waals surface area contributed by atoms with Crippen molar-refractivity contribution in [1.82, 2.24) is 9.80 Å². The molecule has 2 aromatic carbocycles. The minimum atomic E-state index is 0.0763. The summed E-state index contributed by atoms with van der Waals surface area (Å²) < 4.78 is 0. The predicted octanol–water partition coefficient (Wildman–Crippen LogP) is 3.62. The molecule has 2 aromatic rings. The van der Waals surface area contributed by atoms with Gasteiger partial charge in [0.2, 0.25) is 5.91 Å². The number of hydrogen-bond acceptors (Lipinski definition) is 3. The van der Waals surface area contributed by atoms with Crippen LogP contribution in [0.25, 0.3) is 0 Å². The van der Waals surface area contributed by atoms with Crippen molar-refractivity contribution in [2.75, 3.05) is 32.5 Å². The van der Waals surface area contributed by atoms with Gasteiger partial charge in [0.25, 0.3) is 0 Å². The van der Waals surface area contributed by atoms with Crippen LogP contribution < -0.4 is 5.32 Å². The zero-order valence-electron chi connectivity index (χ0n) is 17.0. The van der Waals surface area contributed by atoms with Crippen molar-refractivity contribution in [3.05, 3.63) is 64.7 Å². The first-order valence-corrected chi connectivity index (χ1v) is 9.75. The maximum Gasteiger partial charge on any atom is 0.225 e. The average molecular weight is 366 g/mol. The molecule has 1 amide bonds. The van der Waals surface area contributed by atoms with Crippen molar-refractivity contribution in [3.63, 3.8) is 0 Å². The Kier molecular flexibility index (Phi) is 6.30. The monoisotopic (exact) mass is 365 g/mol. The number of aryl methyl sites for hydroxylation is 2. The summed E-state index contributed by atoms with van der Waals surface area (Å²) in [6.07, 6.45) is 1.59. The van der Waals surface area contributed by atoms with Crippen LogP contribution in [0.2, 0.25) is 0 Å². The van der Waals surface area contributed by atoms with Crippen LogP contribution in [0.5, 0.6) is 0 Å². The van der Waals surface area contributed by atoms with Crippen molar-refractivity contribution >= 4 is 11.6 Å². The van der Waals surface area contributed by atoms with Gasteiger partial charge >= 0.3 is 0 Å². The van der Waals surface area contributed by atoms with Gasteiger partial charge in [0.05, 0.1) is 0 Å². The molecule has 0 saturated carbocycles. The van der Waals surface area contributed by atoms with E-state index in [-0.39, 0.29) is 5.91 Å². The van der Waals surface area contributed by atoms with Crippen molar-refractivity contribution in [1.29, 1.82) is 0 Å². The molecule has 0 spiro atoms. The van der Waals surface area contributed by atoms with E-state index >= 15 is 0 Å². The highest BCUT2D eigenvalue weighted by molar-refractivity contribution is 5.90. The molecule has 0 saturated heterocycles. The van der Waals surface area contributed by atoms with Gasteiger partial charge in [0.15, 0.2) is 0 Å². The molecule has 1 atom stereocenters. The molecule has 0 unspecified atom stereocenters. The Balaban J connectivity index is 1.47. The van der Waals surface area contributed by atoms with Crippen molar-refractivity contribution in [3.8, 4) is 0 Å². The first-order valence-electron chi connectivity index (χ1n) is 9.75. The number of nitrogens with one attached hydrogen (secondary N) is 1. The van der Waals surface area contributed by atoms with Crippen molar-refractivity contribution in [2.24, 2.45) is 0 Å². The summed E-state index contributed by atoms with van der Waals surface area (Å²) in [6.45, 7) is 6.89. The number of nitrogens with zero attached hydrogens (tertiary/aromatic N) is 2. The fourth-order valence-corrected chi connectivity index (χ4v) is 3.71. The van der Waals surface area contributed by atoms with Crippen LogP contribution in [0.3, 0.4) is 0 Å². The second-order valence-corrected chi connectivity index (χ2v) is 7.90. The summed E-state index contributed by atoms with van der Waals surface area (Å²) in [6, 6.07) is 15.3. The van der Waals surface area contributed by atoms with Crippen LogP contribution in [0.1, 0.15) is 28.7 Å². The number of benzene rings is 2. The van der Waals surface area contributed by atoms with E-state index in [0.29, 0.717) is 12.5 Å². The molecule has 0 aliphatic carbocycles. The Hall–Kier alpha value is -2.17. The highest BCUT2D eigenvalue weighted by Gasteiger charge is 2.24. The minimum absolute atomic E-state index is 0.0763. The summed E-state index contributed by atoms with van der Waals surface area (Å²) in [7, 11) is 4.30. The number of fused-ring (bicyclic) bond motifs is 1. The lowest BCUT2D eigenvalue weighted by Crippen LogP contribution is -2.45. The normalized spacial score (nSPS) is 17.0. The standard InChI is InChI=1S/C23H31N3O/c1-17-9-10-21(13-18(17)2)24-23(27)11-12-25(3)16-22-14-19-7-5-6-8-20(19)15-26(22)4/h5-10,13,22H,11-12,14-16H2,1-4H3,(H,24,27)/t22-/m1/s1. The SMILES string of the molecule is Cc1ccc(NC(=O)CCN(C)C[C@H]2Cc3ccccc3CN2C)cc1C. The molecule has 0 radical (unpaired) electrons. The maximum absolute atomic E-state index is 12.3. The van der Waals surface area contributed by atoms with Crippen LogP contribution in [0.15, 0.2) is 42.5 Å². The molecule has 4 heteroatoms. The lowest BCUT2D eigenvalue weighted by Gasteiger charge is -2.36. The molecule has 1 N–H and O–H groups in total. The van der Waals surface area contributed by atoms with Gasteiger partial charge in [-0.1, -0.05) is 30.3 Å². The van der Waals surface area contributed by atoms with E-state index in [1.807, 2.05) is 18.2 Å². The van der Waals surface area contributed by atoms with Gasteiger partial charge in [-0.25, -0.2) is 0 Å². The number of hydrogen-bond donors (Lipinski definition) is 1. The number of rotatable bonds is 6. The molecule has 4 nitrogen and oxygen atoms in total. The van der Waals surface area contributed by atoms with Crippen LogP contribution in [0, 0.1) is 13.8 Å². The first kappa shape index (κ1) is 19.6. The topological polar surface area (TPSA) is 35.6 Å². The van der Waals surface area contributed by atoms with E-state index < -0.39 is 0 Å². The van der Waals surface area contributed by atoms with Crippen LogP contribution in [-0.2, 0) is 17.8 Å². The summed E-state index contributed by atoms with van der Waals surface area (Å²) in [4.78, 5) is 17.0. The number of likely N-dealkylation sites (N-methyl/N-ethyl adjacent to an activating group) is 2. The molecule has 1 aliphatic heterocycles. The van der Waals surface area contributed by atoms with Gasteiger partial charge in [-0.3, -0.25) is 9.69 Å². The second kappa shape index (κ2) is 8.68. The Bertz CT molecular complexity index is 802. The predicted molar refractivity (Wildman–Crippen MR) is 112 cm³/mol. The van der Waals surface area contributed by atoms with E-state index in [1.54, 1.807) is 0 Å². The molecule has 144 valence electrons. The number of amides is 1. The van der Waals surface area contributed by atoms with E-state index in [0.717, 1.165) is 31.7 Å². The Morgan fingerprint density at radius 3 is 2.63 bits per heavy atom. The zero-order chi connectivity index (χ0) is 19.4. The van der Waals surface area contributed by atoms with Gasteiger partial charge in [-0.05, 0) is 68.8 Å².